The summed E-state index contributed by atoms with van der Waals surface area (Å²) >= 11 is 5.69. The van der Waals surface area contributed by atoms with Crippen LogP contribution in [0.25, 0.3) is 0 Å². The highest BCUT2D eigenvalue weighted by Crippen LogP contribution is 2.20. The van der Waals surface area contributed by atoms with E-state index >= 15 is 0 Å². The lowest BCUT2D eigenvalue weighted by Crippen LogP contribution is -2.17. The lowest BCUT2D eigenvalue weighted by atomic mass is 10.2. The van der Waals surface area contributed by atoms with Crippen molar-refractivity contribution in [3.8, 4) is 0 Å². The zero-order valence-electron chi connectivity index (χ0n) is 12.7. The predicted molar refractivity (Wildman–Crippen MR) is 86.5 cm³/mol. The van der Waals surface area contributed by atoms with Gasteiger partial charge in [0.25, 0.3) is 5.91 Å². The average Bonchev–Trinajstić information content (AvgIpc) is 2.51. The molecule has 2 rings (SSSR count). The summed E-state index contributed by atoms with van der Waals surface area (Å²) in [5.41, 5.74) is 1.21. The molecule has 0 aliphatic heterocycles. The van der Waals surface area contributed by atoms with Crippen LogP contribution in [0.5, 0.6) is 0 Å². The molecule has 6 nitrogen and oxygen atoms in total. The van der Waals surface area contributed by atoms with Gasteiger partial charge >= 0.3 is 0 Å². The van der Waals surface area contributed by atoms with Crippen molar-refractivity contribution in [1.29, 1.82) is 0 Å². The van der Waals surface area contributed by atoms with E-state index in [1.54, 1.807) is 20.1 Å². The average molecular weight is 339 g/mol. The third kappa shape index (κ3) is 4.87. The van der Waals surface area contributed by atoms with Crippen LogP contribution in [0.1, 0.15) is 16.2 Å². The Morgan fingerprint density at radius 2 is 2.13 bits per heavy atom. The SMILES string of the molecule is COCCNc1nc(C)cc(C(=O)Nc2ccc(F)c(Cl)c2)n1. The number of carbonyl (C=O) groups is 1. The minimum absolute atomic E-state index is 0.0661. The van der Waals surface area contributed by atoms with Crippen molar-refractivity contribution in [1.82, 2.24) is 9.97 Å². The number of hydrogen-bond donors (Lipinski definition) is 2. The summed E-state index contributed by atoms with van der Waals surface area (Å²) in [7, 11) is 1.59. The molecule has 23 heavy (non-hydrogen) atoms. The first kappa shape index (κ1) is 17.1. The van der Waals surface area contributed by atoms with Crippen LogP contribution in [0, 0.1) is 12.7 Å². The second-order valence-corrected chi connectivity index (χ2v) is 5.13. The Hall–Kier alpha value is -2.25. The number of halogens is 2. The maximum absolute atomic E-state index is 13.1. The molecule has 8 heteroatoms. The summed E-state index contributed by atoms with van der Waals surface area (Å²) in [6.45, 7) is 2.77. The second kappa shape index (κ2) is 7.85. The van der Waals surface area contributed by atoms with Gasteiger partial charge in [0.05, 0.1) is 11.6 Å². The molecule has 0 unspecified atom stereocenters. The third-order valence-electron chi connectivity index (χ3n) is 2.85. The molecule has 2 N–H and O–H groups in total. The maximum Gasteiger partial charge on any atom is 0.274 e. The molecule has 0 fully saturated rings. The summed E-state index contributed by atoms with van der Waals surface area (Å²) in [6.07, 6.45) is 0. The molecule has 1 heterocycles. The molecule has 1 amide bonds. The molecule has 0 atom stereocenters. The van der Waals surface area contributed by atoms with E-state index in [1.807, 2.05) is 0 Å². The number of anilines is 2. The highest BCUT2D eigenvalue weighted by molar-refractivity contribution is 6.31. The predicted octanol–water partition coefficient (Wildman–Crippen LogP) is 2.89. The van der Waals surface area contributed by atoms with Gasteiger partial charge in [0.1, 0.15) is 11.5 Å². The largest absolute Gasteiger partial charge is 0.383 e. The summed E-state index contributed by atoms with van der Waals surface area (Å²) in [5, 5.41) is 5.51. The van der Waals surface area contributed by atoms with Gasteiger partial charge in [-0.05, 0) is 31.2 Å². The monoisotopic (exact) mass is 338 g/mol. The van der Waals surface area contributed by atoms with E-state index in [0.29, 0.717) is 30.5 Å². The maximum atomic E-state index is 13.1. The minimum atomic E-state index is -0.549. The molecule has 0 bridgehead atoms. The Labute approximate surface area is 138 Å². The number of hydrogen-bond acceptors (Lipinski definition) is 5. The Kier molecular flexibility index (Phi) is 5.84. The van der Waals surface area contributed by atoms with E-state index in [-0.39, 0.29) is 10.7 Å². The van der Waals surface area contributed by atoms with Gasteiger partial charge in [-0.3, -0.25) is 4.79 Å². The van der Waals surface area contributed by atoms with E-state index in [4.69, 9.17) is 16.3 Å². The molecule has 0 spiro atoms. The summed E-state index contributed by atoms with van der Waals surface area (Å²) in [4.78, 5) is 20.6. The standard InChI is InChI=1S/C15H16ClFN4O2/c1-9-7-13(21-15(19-9)18-5-6-23-2)14(22)20-10-3-4-12(17)11(16)8-10/h3-4,7-8H,5-6H2,1-2H3,(H,20,22)(H,18,19,21). The number of rotatable bonds is 6. The van der Waals surface area contributed by atoms with Gasteiger partial charge in [0.15, 0.2) is 0 Å². The molecule has 2 aromatic rings. The Bertz CT molecular complexity index is 712. The summed E-state index contributed by atoms with van der Waals surface area (Å²) < 4.78 is 18.1. The lowest BCUT2D eigenvalue weighted by molar-refractivity contribution is 0.102. The van der Waals surface area contributed by atoms with Crippen molar-refractivity contribution in [3.63, 3.8) is 0 Å². The van der Waals surface area contributed by atoms with Gasteiger partial charge in [0.2, 0.25) is 5.95 Å². The Morgan fingerprint density at radius 3 is 2.83 bits per heavy atom. The zero-order valence-corrected chi connectivity index (χ0v) is 13.4. The van der Waals surface area contributed by atoms with Crippen molar-refractivity contribution in [2.24, 2.45) is 0 Å². The first-order valence-electron chi connectivity index (χ1n) is 6.84. The molecule has 0 aliphatic carbocycles. The number of methoxy groups -OCH3 is 1. The topological polar surface area (TPSA) is 76.1 Å². The molecule has 122 valence electrons. The van der Waals surface area contributed by atoms with Crippen molar-refractivity contribution >= 4 is 29.1 Å². The number of ether oxygens (including phenoxy) is 1. The number of carbonyl (C=O) groups excluding carboxylic acids is 1. The number of benzene rings is 1. The third-order valence-corrected chi connectivity index (χ3v) is 3.14. The number of nitrogens with zero attached hydrogens (tertiary/aromatic N) is 2. The highest BCUT2D eigenvalue weighted by Gasteiger charge is 2.12. The Balaban J connectivity index is 2.13. The van der Waals surface area contributed by atoms with E-state index < -0.39 is 11.7 Å². The molecule has 0 saturated carbocycles. The lowest BCUT2D eigenvalue weighted by Gasteiger charge is -2.09. The van der Waals surface area contributed by atoms with Crippen molar-refractivity contribution < 1.29 is 13.9 Å². The van der Waals surface area contributed by atoms with Crippen molar-refractivity contribution in [2.45, 2.75) is 6.92 Å². The zero-order chi connectivity index (χ0) is 16.8. The second-order valence-electron chi connectivity index (χ2n) is 4.72. The van der Waals surface area contributed by atoms with E-state index in [1.165, 1.54) is 18.2 Å². The fourth-order valence-electron chi connectivity index (χ4n) is 1.80. The molecular formula is C15H16ClFN4O2. The number of nitrogens with one attached hydrogen (secondary N) is 2. The van der Waals surface area contributed by atoms with E-state index in [9.17, 15) is 9.18 Å². The van der Waals surface area contributed by atoms with Crippen LogP contribution >= 0.6 is 11.6 Å². The van der Waals surface area contributed by atoms with Crippen LogP contribution in [0.4, 0.5) is 16.0 Å². The van der Waals surface area contributed by atoms with Crippen LogP contribution in [0.2, 0.25) is 5.02 Å². The van der Waals surface area contributed by atoms with Crippen LogP contribution in [0.3, 0.4) is 0 Å². The van der Waals surface area contributed by atoms with Gasteiger partial charge in [-0.25, -0.2) is 14.4 Å². The van der Waals surface area contributed by atoms with Gasteiger partial charge in [-0.15, -0.1) is 0 Å². The van der Waals surface area contributed by atoms with E-state index in [0.717, 1.165) is 0 Å². The molecular weight excluding hydrogens is 323 g/mol. The quantitative estimate of drug-likeness (QED) is 0.792. The van der Waals surface area contributed by atoms with Crippen LogP contribution in [-0.2, 0) is 4.74 Å². The minimum Gasteiger partial charge on any atom is -0.383 e. The van der Waals surface area contributed by atoms with Crippen LogP contribution < -0.4 is 10.6 Å². The first-order chi connectivity index (χ1) is 11.0. The first-order valence-corrected chi connectivity index (χ1v) is 7.22. The summed E-state index contributed by atoms with van der Waals surface area (Å²) in [5.74, 6) is -0.649. The number of aryl methyl sites for hydroxylation is 1. The molecule has 1 aromatic heterocycles. The smallest absolute Gasteiger partial charge is 0.274 e. The van der Waals surface area contributed by atoms with Gasteiger partial charge in [0, 0.05) is 25.0 Å². The fraction of sp³-hybridized carbons (Fsp3) is 0.267. The molecule has 0 radical (unpaired) electrons. The summed E-state index contributed by atoms with van der Waals surface area (Å²) in [6, 6.07) is 5.49. The van der Waals surface area contributed by atoms with Gasteiger partial charge in [-0.2, -0.15) is 0 Å². The number of amides is 1. The number of aromatic nitrogens is 2. The Morgan fingerprint density at radius 1 is 1.35 bits per heavy atom. The van der Waals surface area contributed by atoms with Crippen molar-refractivity contribution in [2.75, 3.05) is 30.9 Å². The molecule has 0 saturated heterocycles. The van der Waals surface area contributed by atoms with Gasteiger partial charge in [-0.1, -0.05) is 11.6 Å². The normalized spacial score (nSPS) is 10.4. The van der Waals surface area contributed by atoms with Crippen molar-refractivity contribution in [3.05, 3.63) is 46.5 Å². The van der Waals surface area contributed by atoms with Crippen LogP contribution in [0.15, 0.2) is 24.3 Å². The molecule has 0 aliphatic rings. The van der Waals surface area contributed by atoms with E-state index in [2.05, 4.69) is 20.6 Å². The highest BCUT2D eigenvalue weighted by atomic mass is 35.5. The van der Waals surface area contributed by atoms with Crippen LogP contribution in [-0.4, -0.2) is 36.1 Å². The fourth-order valence-corrected chi connectivity index (χ4v) is 1.98. The van der Waals surface area contributed by atoms with Gasteiger partial charge < -0.3 is 15.4 Å². The molecule has 1 aromatic carbocycles.